The molecule has 1 unspecified atom stereocenters. The fraction of sp³-hybridized carbons (Fsp3) is 0.611. The van der Waals surface area contributed by atoms with Gasteiger partial charge in [-0.3, -0.25) is 4.79 Å². The molecule has 1 atom stereocenters. The van der Waals surface area contributed by atoms with E-state index in [2.05, 4.69) is 16.8 Å². The van der Waals surface area contributed by atoms with Crippen molar-refractivity contribution in [2.24, 2.45) is 0 Å². The normalized spacial score (nSPS) is 22.4. The number of anilines is 1. The van der Waals surface area contributed by atoms with Crippen LogP contribution in [0.3, 0.4) is 0 Å². The van der Waals surface area contributed by atoms with Crippen molar-refractivity contribution in [1.29, 1.82) is 0 Å². The monoisotopic (exact) mass is 335 g/mol. The third kappa shape index (κ3) is 3.00. The van der Waals surface area contributed by atoms with Crippen molar-refractivity contribution in [2.45, 2.75) is 37.8 Å². The van der Waals surface area contributed by atoms with Gasteiger partial charge < -0.3 is 19.8 Å². The molecule has 0 saturated carbocycles. The molecule has 1 aromatic carbocycles. The third-order valence-electron chi connectivity index (χ3n) is 5.37. The van der Waals surface area contributed by atoms with Gasteiger partial charge in [-0.1, -0.05) is 6.92 Å². The van der Waals surface area contributed by atoms with E-state index in [1.54, 1.807) is 17.0 Å². The van der Waals surface area contributed by atoms with Crippen molar-refractivity contribution in [3.8, 4) is 0 Å². The number of hydrogen-bond acceptors (Lipinski definition) is 4. The van der Waals surface area contributed by atoms with Crippen molar-refractivity contribution in [1.82, 2.24) is 9.80 Å². The summed E-state index contributed by atoms with van der Waals surface area (Å²) in [5.74, 6) is -0.188. The molecule has 5 nitrogen and oxygen atoms in total. The maximum Gasteiger partial charge on any atom is 0.250 e. The van der Waals surface area contributed by atoms with Crippen LogP contribution in [0, 0.1) is 5.82 Å². The van der Waals surface area contributed by atoms with Crippen LogP contribution in [-0.4, -0.2) is 65.8 Å². The summed E-state index contributed by atoms with van der Waals surface area (Å²) < 4.78 is 13.3. The van der Waals surface area contributed by atoms with Gasteiger partial charge in [0.15, 0.2) is 0 Å². The van der Waals surface area contributed by atoms with Crippen LogP contribution >= 0.6 is 0 Å². The van der Waals surface area contributed by atoms with E-state index in [4.69, 9.17) is 0 Å². The van der Waals surface area contributed by atoms with E-state index in [9.17, 15) is 14.3 Å². The molecule has 2 heterocycles. The SMILES string of the molecule is CCC(O)CN1CN(c2ccc(F)cc2)C2(CCN(C)CC2)C1=O. The van der Waals surface area contributed by atoms with Gasteiger partial charge in [-0.25, -0.2) is 4.39 Å². The Hall–Kier alpha value is -1.66. The quantitative estimate of drug-likeness (QED) is 0.909. The zero-order valence-electron chi connectivity index (χ0n) is 14.4. The molecule has 24 heavy (non-hydrogen) atoms. The molecule has 3 rings (SSSR count). The van der Waals surface area contributed by atoms with Crippen LogP contribution in [0.25, 0.3) is 0 Å². The molecule has 1 N–H and O–H groups in total. The summed E-state index contributed by atoms with van der Waals surface area (Å²) in [7, 11) is 2.06. The number of rotatable bonds is 4. The fourth-order valence-corrected chi connectivity index (χ4v) is 3.73. The van der Waals surface area contributed by atoms with Crippen LogP contribution in [0.4, 0.5) is 10.1 Å². The van der Waals surface area contributed by atoms with Gasteiger partial charge in [0.25, 0.3) is 0 Å². The lowest BCUT2D eigenvalue weighted by Crippen LogP contribution is -2.56. The van der Waals surface area contributed by atoms with E-state index in [0.29, 0.717) is 19.6 Å². The molecule has 1 spiro atoms. The highest BCUT2D eigenvalue weighted by Gasteiger charge is 2.53. The molecule has 2 aliphatic heterocycles. The number of carbonyl (C=O) groups is 1. The van der Waals surface area contributed by atoms with Gasteiger partial charge in [0.2, 0.25) is 5.91 Å². The van der Waals surface area contributed by atoms with E-state index in [1.807, 2.05) is 6.92 Å². The highest BCUT2D eigenvalue weighted by atomic mass is 19.1. The van der Waals surface area contributed by atoms with Gasteiger partial charge >= 0.3 is 0 Å². The number of amides is 1. The van der Waals surface area contributed by atoms with Crippen LogP contribution in [0.1, 0.15) is 26.2 Å². The lowest BCUT2D eigenvalue weighted by Gasteiger charge is -2.42. The first-order chi connectivity index (χ1) is 11.5. The molecule has 6 heteroatoms. The molecule has 0 radical (unpaired) electrons. The second-order valence-electron chi connectivity index (χ2n) is 6.97. The molecular weight excluding hydrogens is 309 g/mol. The number of nitrogens with zero attached hydrogens (tertiary/aromatic N) is 3. The molecular formula is C18H26FN3O2. The van der Waals surface area contributed by atoms with E-state index >= 15 is 0 Å². The number of hydrogen-bond donors (Lipinski definition) is 1. The van der Waals surface area contributed by atoms with Gasteiger partial charge in [0.1, 0.15) is 11.4 Å². The summed E-state index contributed by atoms with van der Waals surface area (Å²) in [6.45, 7) is 4.42. The molecule has 2 aliphatic rings. The average Bonchev–Trinajstić information content (AvgIpc) is 2.84. The van der Waals surface area contributed by atoms with Crippen molar-refractivity contribution < 1.29 is 14.3 Å². The summed E-state index contributed by atoms with van der Waals surface area (Å²) in [5.41, 5.74) is 0.292. The van der Waals surface area contributed by atoms with Crippen molar-refractivity contribution >= 4 is 11.6 Å². The zero-order chi connectivity index (χ0) is 17.3. The number of halogens is 1. The Labute approximate surface area is 142 Å². The Kier molecular flexibility index (Phi) is 4.78. The summed E-state index contributed by atoms with van der Waals surface area (Å²) in [6, 6.07) is 6.35. The molecule has 0 aromatic heterocycles. The van der Waals surface area contributed by atoms with Crippen molar-refractivity contribution in [3.05, 3.63) is 30.1 Å². The lowest BCUT2D eigenvalue weighted by atomic mass is 9.85. The summed E-state index contributed by atoms with van der Waals surface area (Å²) in [6.07, 6.45) is 1.61. The number of carbonyl (C=O) groups excluding carboxylic acids is 1. The van der Waals surface area contributed by atoms with Gasteiger partial charge in [-0.2, -0.15) is 0 Å². The largest absolute Gasteiger partial charge is 0.391 e. The number of aliphatic hydroxyl groups excluding tert-OH is 1. The van der Waals surface area contributed by atoms with Gasteiger partial charge in [-0.05, 0) is 50.6 Å². The van der Waals surface area contributed by atoms with E-state index in [0.717, 1.165) is 31.6 Å². The predicted octanol–water partition coefficient (Wildman–Crippen LogP) is 1.67. The predicted molar refractivity (Wildman–Crippen MR) is 91.2 cm³/mol. The molecule has 132 valence electrons. The Morgan fingerprint density at radius 2 is 1.88 bits per heavy atom. The number of β-amino-alcohol motifs (C(OH)–C–C–N with tert-alkyl or cyclic N) is 1. The first kappa shape index (κ1) is 17.2. The van der Waals surface area contributed by atoms with Crippen LogP contribution < -0.4 is 4.90 Å². The van der Waals surface area contributed by atoms with Crippen molar-refractivity contribution in [3.63, 3.8) is 0 Å². The van der Waals surface area contributed by atoms with E-state index in [1.165, 1.54) is 12.1 Å². The highest BCUT2D eigenvalue weighted by Crippen LogP contribution is 2.39. The maximum absolute atomic E-state index is 13.3. The Balaban J connectivity index is 1.91. The number of benzene rings is 1. The smallest absolute Gasteiger partial charge is 0.250 e. The summed E-state index contributed by atoms with van der Waals surface area (Å²) in [5, 5.41) is 9.99. The van der Waals surface area contributed by atoms with E-state index < -0.39 is 11.6 Å². The first-order valence-electron chi connectivity index (χ1n) is 8.65. The second-order valence-corrected chi connectivity index (χ2v) is 6.97. The van der Waals surface area contributed by atoms with Gasteiger partial charge in [-0.15, -0.1) is 0 Å². The van der Waals surface area contributed by atoms with Crippen molar-refractivity contribution in [2.75, 3.05) is 38.3 Å². The number of likely N-dealkylation sites (tertiary alicyclic amines) is 1. The Morgan fingerprint density at radius 1 is 1.25 bits per heavy atom. The lowest BCUT2D eigenvalue weighted by molar-refractivity contribution is -0.134. The molecule has 2 fully saturated rings. The molecule has 2 saturated heterocycles. The first-order valence-corrected chi connectivity index (χ1v) is 8.65. The van der Waals surface area contributed by atoms with Crippen LogP contribution in [0.5, 0.6) is 0 Å². The van der Waals surface area contributed by atoms with Crippen LogP contribution in [0.2, 0.25) is 0 Å². The van der Waals surface area contributed by atoms with Crippen LogP contribution in [-0.2, 0) is 4.79 Å². The standard InChI is InChI=1S/C18H26FN3O2/c1-3-16(23)12-21-13-22(15-6-4-14(19)5-7-15)18(17(21)24)8-10-20(2)11-9-18/h4-7,16,23H,3,8-13H2,1-2H3. The van der Waals surface area contributed by atoms with Gasteiger partial charge in [0, 0.05) is 25.3 Å². The zero-order valence-corrected chi connectivity index (χ0v) is 14.4. The molecule has 0 bridgehead atoms. The molecule has 0 aliphatic carbocycles. The topological polar surface area (TPSA) is 47.0 Å². The highest BCUT2D eigenvalue weighted by molar-refractivity contribution is 5.93. The van der Waals surface area contributed by atoms with E-state index in [-0.39, 0.29) is 11.7 Å². The summed E-state index contributed by atoms with van der Waals surface area (Å²) >= 11 is 0. The third-order valence-corrected chi connectivity index (χ3v) is 5.37. The van der Waals surface area contributed by atoms with Crippen LogP contribution in [0.15, 0.2) is 24.3 Å². The minimum Gasteiger partial charge on any atom is -0.391 e. The maximum atomic E-state index is 13.3. The second kappa shape index (κ2) is 6.69. The Bertz CT molecular complexity index is 584. The van der Waals surface area contributed by atoms with Gasteiger partial charge in [0.05, 0.1) is 12.8 Å². The molecule has 1 amide bonds. The molecule has 1 aromatic rings. The summed E-state index contributed by atoms with van der Waals surface area (Å²) in [4.78, 5) is 19.3. The average molecular weight is 335 g/mol. The minimum atomic E-state index is -0.572. The minimum absolute atomic E-state index is 0.0902. The number of piperidine rings is 1. The fourth-order valence-electron chi connectivity index (χ4n) is 3.73. The Morgan fingerprint density at radius 3 is 2.46 bits per heavy atom. The number of aliphatic hydroxyl groups is 1.